The van der Waals surface area contributed by atoms with Gasteiger partial charge in [-0.25, -0.2) is 0 Å². The molecule has 0 radical (unpaired) electrons. The van der Waals surface area contributed by atoms with Crippen molar-refractivity contribution in [3.63, 3.8) is 0 Å². The first-order valence-corrected chi connectivity index (χ1v) is 6.31. The Morgan fingerprint density at radius 2 is 1.88 bits per heavy atom. The summed E-state index contributed by atoms with van der Waals surface area (Å²) in [5.74, 6) is 0. The molecule has 96 valence electrons. The van der Waals surface area contributed by atoms with E-state index in [9.17, 15) is 5.11 Å². The van der Waals surface area contributed by atoms with Crippen molar-refractivity contribution >= 4 is 0 Å². The van der Waals surface area contributed by atoms with Crippen LogP contribution >= 0.6 is 0 Å². The van der Waals surface area contributed by atoms with Gasteiger partial charge in [0.15, 0.2) is 0 Å². The molecule has 0 aliphatic carbocycles. The van der Waals surface area contributed by atoms with E-state index < -0.39 is 0 Å². The van der Waals surface area contributed by atoms with Crippen LogP contribution < -0.4 is 0 Å². The second-order valence-electron chi connectivity index (χ2n) is 4.32. The summed E-state index contributed by atoms with van der Waals surface area (Å²) >= 11 is 0. The number of hydrogen-bond donors (Lipinski definition) is 2. The second-order valence-corrected chi connectivity index (χ2v) is 4.32. The van der Waals surface area contributed by atoms with Gasteiger partial charge in [-0.05, 0) is 18.4 Å². The first-order chi connectivity index (χ1) is 8.26. The molecule has 17 heavy (non-hydrogen) atoms. The Morgan fingerprint density at radius 3 is 2.47 bits per heavy atom. The molecular weight excluding hydrogens is 214 g/mol. The largest absolute Gasteiger partial charge is 0.395 e. The van der Waals surface area contributed by atoms with Crippen molar-refractivity contribution < 1.29 is 10.2 Å². The molecule has 0 heterocycles. The van der Waals surface area contributed by atoms with Crippen molar-refractivity contribution in [3.05, 3.63) is 35.9 Å². The van der Waals surface area contributed by atoms with E-state index >= 15 is 0 Å². The smallest absolute Gasteiger partial charge is 0.0664 e. The maximum absolute atomic E-state index is 9.63. The van der Waals surface area contributed by atoms with Crippen LogP contribution in [-0.4, -0.2) is 47.5 Å². The van der Waals surface area contributed by atoms with Crippen LogP contribution in [0.2, 0.25) is 0 Å². The maximum Gasteiger partial charge on any atom is 0.0664 e. The van der Waals surface area contributed by atoms with Crippen LogP contribution in [0.25, 0.3) is 0 Å². The third kappa shape index (κ3) is 5.82. The van der Waals surface area contributed by atoms with Crippen molar-refractivity contribution in [1.82, 2.24) is 4.90 Å². The molecule has 0 saturated heterocycles. The molecule has 1 aromatic rings. The van der Waals surface area contributed by atoms with Gasteiger partial charge in [-0.1, -0.05) is 37.3 Å². The number of aliphatic hydroxyl groups is 2. The molecule has 0 aliphatic heterocycles. The van der Waals surface area contributed by atoms with Crippen LogP contribution in [0.1, 0.15) is 18.9 Å². The lowest BCUT2D eigenvalue weighted by Crippen LogP contribution is -2.35. The average Bonchev–Trinajstić information content (AvgIpc) is 2.37. The molecule has 0 amide bonds. The van der Waals surface area contributed by atoms with Crippen LogP contribution in [0.5, 0.6) is 0 Å². The highest BCUT2D eigenvalue weighted by Gasteiger charge is 2.09. The molecule has 3 heteroatoms. The molecule has 0 aromatic heterocycles. The first-order valence-electron chi connectivity index (χ1n) is 6.31. The fourth-order valence-corrected chi connectivity index (χ4v) is 1.79. The molecule has 0 bridgehead atoms. The van der Waals surface area contributed by atoms with Gasteiger partial charge in [0.2, 0.25) is 0 Å². The Bertz CT molecular complexity index is 290. The van der Waals surface area contributed by atoms with Gasteiger partial charge in [0.1, 0.15) is 0 Å². The molecule has 0 aliphatic rings. The highest BCUT2D eigenvalue weighted by molar-refractivity contribution is 5.14. The fourth-order valence-electron chi connectivity index (χ4n) is 1.79. The van der Waals surface area contributed by atoms with E-state index in [-0.39, 0.29) is 12.7 Å². The number of benzene rings is 1. The monoisotopic (exact) mass is 237 g/mol. The van der Waals surface area contributed by atoms with Crippen molar-refractivity contribution in [1.29, 1.82) is 0 Å². The summed E-state index contributed by atoms with van der Waals surface area (Å²) < 4.78 is 0. The molecule has 1 unspecified atom stereocenters. The second kappa shape index (κ2) is 8.23. The third-order valence-corrected chi connectivity index (χ3v) is 2.92. The lowest BCUT2D eigenvalue weighted by Gasteiger charge is -2.23. The van der Waals surface area contributed by atoms with Gasteiger partial charge in [-0.3, -0.25) is 4.90 Å². The summed E-state index contributed by atoms with van der Waals surface area (Å²) in [5, 5.41) is 18.6. The minimum atomic E-state index is -0.294. The molecule has 1 atom stereocenters. The number of aliphatic hydroxyl groups excluding tert-OH is 2. The number of hydrogen-bond acceptors (Lipinski definition) is 3. The Labute approximate surface area is 104 Å². The normalized spacial score (nSPS) is 12.9. The van der Waals surface area contributed by atoms with E-state index in [0.717, 1.165) is 19.4 Å². The van der Waals surface area contributed by atoms with Crippen molar-refractivity contribution in [2.45, 2.75) is 25.9 Å². The average molecular weight is 237 g/mol. The summed E-state index contributed by atoms with van der Waals surface area (Å²) in [4.78, 5) is 2.11. The Kier molecular flexibility index (Phi) is 6.86. The molecular formula is C14H23NO2. The number of rotatable bonds is 8. The van der Waals surface area contributed by atoms with Crippen LogP contribution in [0.15, 0.2) is 30.3 Å². The van der Waals surface area contributed by atoms with Gasteiger partial charge in [-0.2, -0.15) is 0 Å². The topological polar surface area (TPSA) is 43.7 Å². The van der Waals surface area contributed by atoms with Gasteiger partial charge in [0.25, 0.3) is 0 Å². The summed E-state index contributed by atoms with van der Waals surface area (Å²) in [6.07, 6.45) is 1.42. The minimum absolute atomic E-state index is 0.144. The van der Waals surface area contributed by atoms with E-state index in [2.05, 4.69) is 17.0 Å². The van der Waals surface area contributed by atoms with Gasteiger partial charge in [0, 0.05) is 19.6 Å². The van der Waals surface area contributed by atoms with E-state index in [1.807, 2.05) is 25.1 Å². The predicted molar refractivity (Wildman–Crippen MR) is 70.0 cm³/mol. The zero-order valence-corrected chi connectivity index (χ0v) is 10.5. The van der Waals surface area contributed by atoms with E-state index in [0.29, 0.717) is 13.1 Å². The summed E-state index contributed by atoms with van der Waals surface area (Å²) in [6, 6.07) is 10.3. The molecule has 0 spiro atoms. The molecule has 2 N–H and O–H groups in total. The van der Waals surface area contributed by atoms with Crippen molar-refractivity contribution in [2.75, 3.05) is 26.2 Å². The van der Waals surface area contributed by atoms with Gasteiger partial charge in [0.05, 0.1) is 12.7 Å². The van der Waals surface area contributed by atoms with Crippen molar-refractivity contribution in [3.8, 4) is 0 Å². The Balaban J connectivity index is 2.38. The number of nitrogens with zero attached hydrogens (tertiary/aromatic N) is 1. The highest BCUT2D eigenvalue weighted by Crippen LogP contribution is 2.03. The third-order valence-electron chi connectivity index (χ3n) is 2.92. The molecule has 0 saturated carbocycles. The molecule has 0 fully saturated rings. The minimum Gasteiger partial charge on any atom is -0.395 e. The lowest BCUT2D eigenvalue weighted by atomic mass is 10.1. The fraction of sp³-hybridized carbons (Fsp3) is 0.571. The van der Waals surface area contributed by atoms with E-state index in [1.165, 1.54) is 5.56 Å². The predicted octanol–water partition coefficient (Wildman–Crippen LogP) is 1.29. The standard InChI is InChI=1S/C14H23NO2/c1-2-14(17)12-15(10-11-16)9-8-13-6-4-3-5-7-13/h3-7,14,16-17H,2,8-12H2,1H3. The maximum atomic E-state index is 9.63. The molecule has 3 nitrogen and oxygen atoms in total. The highest BCUT2D eigenvalue weighted by atomic mass is 16.3. The van der Waals surface area contributed by atoms with E-state index in [4.69, 9.17) is 5.11 Å². The molecule has 1 aromatic carbocycles. The zero-order valence-electron chi connectivity index (χ0n) is 10.5. The van der Waals surface area contributed by atoms with Crippen LogP contribution in [0, 0.1) is 0 Å². The zero-order chi connectivity index (χ0) is 12.5. The Morgan fingerprint density at radius 1 is 1.18 bits per heavy atom. The van der Waals surface area contributed by atoms with E-state index in [1.54, 1.807) is 0 Å². The Hall–Kier alpha value is -0.900. The lowest BCUT2D eigenvalue weighted by molar-refractivity contribution is 0.0976. The summed E-state index contributed by atoms with van der Waals surface area (Å²) in [5.41, 5.74) is 1.29. The summed E-state index contributed by atoms with van der Waals surface area (Å²) in [6.45, 7) is 4.26. The summed E-state index contributed by atoms with van der Waals surface area (Å²) in [7, 11) is 0. The SMILES string of the molecule is CCC(O)CN(CCO)CCc1ccccc1. The van der Waals surface area contributed by atoms with Gasteiger partial charge in [-0.15, -0.1) is 0 Å². The van der Waals surface area contributed by atoms with Crippen LogP contribution in [-0.2, 0) is 6.42 Å². The van der Waals surface area contributed by atoms with Crippen LogP contribution in [0.3, 0.4) is 0 Å². The van der Waals surface area contributed by atoms with Gasteiger partial charge >= 0.3 is 0 Å². The van der Waals surface area contributed by atoms with Gasteiger partial charge < -0.3 is 10.2 Å². The molecule has 1 rings (SSSR count). The van der Waals surface area contributed by atoms with Crippen LogP contribution in [0.4, 0.5) is 0 Å². The van der Waals surface area contributed by atoms with Crippen molar-refractivity contribution in [2.24, 2.45) is 0 Å². The first kappa shape index (κ1) is 14.2. The quantitative estimate of drug-likeness (QED) is 0.716.